The molecule has 2 aromatic rings. The highest BCUT2D eigenvalue weighted by Crippen LogP contribution is 2.26. The zero-order valence-electron chi connectivity index (χ0n) is 9.41. The number of hydrogen-bond donors (Lipinski definition) is 1. The molecule has 0 radical (unpaired) electrons. The first kappa shape index (κ1) is 9.99. The lowest BCUT2D eigenvalue weighted by molar-refractivity contribution is 0.496. The highest BCUT2D eigenvalue weighted by atomic mass is 15.5. The molecule has 15 heavy (non-hydrogen) atoms. The predicted molar refractivity (Wildman–Crippen MR) is 66.0 cm³/mol. The smallest absolute Gasteiger partial charge is 0.0568 e. The van der Waals surface area contributed by atoms with E-state index in [-0.39, 0.29) is 0 Å². The molecule has 0 saturated heterocycles. The van der Waals surface area contributed by atoms with Gasteiger partial charge < -0.3 is 5.43 Å². The molecular weight excluding hydrogens is 184 g/mol. The Hall–Kier alpha value is -1.54. The molecule has 0 amide bonds. The Labute approximate surface area is 90.5 Å². The first-order chi connectivity index (χ1) is 7.18. The lowest BCUT2D eigenvalue weighted by atomic mass is 10.0. The molecule has 1 N–H and O–H groups in total. The third-order valence-electron chi connectivity index (χ3n) is 2.49. The van der Waals surface area contributed by atoms with Crippen molar-refractivity contribution in [3.05, 3.63) is 42.0 Å². The number of hydrogen-bond acceptors (Lipinski definition) is 2. The molecule has 0 aliphatic rings. The van der Waals surface area contributed by atoms with Crippen LogP contribution in [0.25, 0.3) is 10.8 Å². The number of aryl methyl sites for hydroxylation is 1. The molecule has 2 rings (SSSR count). The molecule has 2 heteroatoms. The second-order valence-electron chi connectivity index (χ2n) is 3.98. The number of nitrogens with one attached hydrogen (secondary N) is 1. The highest BCUT2D eigenvalue weighted by Gasteiger charge is 2.02. The van der Waals surface area contributed by atoms with Crippen LogP contribution >= 0.6 is 0 Å². The van der Waals surface area contributed by atoms with Crippen molar-refractivity contribution in [2.45, 2.75) is 6.92 Å². The van der Waals surface area contributed by atoms with Gasteiger partial charge in [-0.2, -0.15) is 0 Å². The van der Waals surface area contributed by atoms with E-state index in [0.29, 0.717) is 0 Å². The van der Waals surface area contributed by atoms with Crippen LogP contribution in [-0.4, -0.2) is 19.1 Å². The van der Waals surface area contributed by atoms with E-state index in [1.807, 2.05) is 19.1 Å². The Bertz CT molecular complexity index is 475. The Balaban J connectivity index is 2.61. The second-order valence-corrected chi connectivity index (χ2v) is 3.98. The van der Waals surface area contributed by atoms with E-state index in [4.69, 9.17) is 0 Å². The normalized spacial score (nSPS) is 10.9. The van der Waals surface area contributed by atoms with Gasteiger partial charge in [-0.15, -0.1) is 0 Å². The number of hydrazine groups is 1. The summed E-state index contributed by atoms with van der Waals surface area (Å²) in [6.07, 6.45) is 0. The fourth-order valence-electron chi connectivity index (χ4n) is 1.79. The Morgan fingerprint density at radius 2 is 1.60 bits per heavy atom. The molecule has 0 fully saturated rings. The maximum absolute atomic E-state index is 3.31. The number of benzene rings is 2. The van der Waals surface area contributed by atoms with E-state index in [2.05, 4.69) is 48.7 Å². The fraction of sp³-hybridized carbons (Fsp3) is 0.231. The van der Waals surface area contributed by atoms with Gasteiger partial charge in [0.15, 0.2) is 0 Å². The van der Waals surface area contributed by atoms with Crippen LogP contribution in [0.5, 0.6) is 0 Å². The van der Waals surface area contributed by atoms with Crippen molar-refractivity contribution in [2.75, 3.05) is 19.5 Å². The fourth-order valence-corrected chi connectivity index (χ4v) is 1.79. The molecule has 0 spiro atoms. The monoisotopic (exact) mass is 200 g/mol. The van der Waals surface area contributed by atoms with E-state index >= 15 is 0 Å². The summed E-state index contributed by atoms with van der Waals surface area (Å²) in [6.45, 7) is 2.14. The summed E-state index contributed by atoms with van der Waals surface area (Å²) < 4.78 is 0. The summed E-state index contributed by atoms with van der Waals surface area (Å²) in [5.74, 6) is 0. The Morgan fingerprint density at radius 1 is 0.933 bits per heavy atom. The maximum atomic E-state index is 3.31. The molecule has 0 aromatic heterocycles. The van der Waals surface area contributed by atoms with Gasteiger partial charge in [0.25, 0.3) is 0 Å². The van der Waals surface area contributed by atoms with Crippen molar-refractivity contribution < 1.29 is 0 Å². The lowest BCUT2D eigenvalue weighted by Gasteiger charge is -2.16. The summed E-state index contributed by atoms with van der Waals surface area (Å²) in [7, 11) is 3.99. The first-order valence-electron chi connectivity index (χ1n) is 5.11. The van der Waals surface area contributed by atoms with Crippen LogP contribution in [0.2, 0.25) is 0 Å². The SMILES string of the molecule is Cc1ccc(NN(C)C)c2ccccc12. The third-order valence-corrected chi connectivity index (χ3v) is 2.49. The number of nitrogens with zero attached hydrogens (tertiary/aromatic N) is 1. The van der Waals surface area contributed by atoms with Crippen molar-refractivity contribution in [1.82, 2.24) is 5.01 Å². The molecule has 0 unspecified atom stereocenters. The van der Waals surface area contributed by atoms with Crippen molar-refractivity contribution in [3.63, 3.8) is 0 Å². The second kappa shape index (κ2) is 3.91. The average Bonchev–Trinajstić information content (AvgIpc) is 2.22. The zero-order chi connectivity index (χ0) is 10.8. The molecule has 0 atom stereocenters. The average molecular weight is 200 g/mol. The number of rotatable bonds is 2. The minimum Gasteiger partial charge on any atom is -0.319 e. The van der Waals surface area contributed by atoms with Crippen LogP contribution < -0.4 is 5.43 Å². The zero-order valence-corrected chi connectivity index (χ0v) is 9.41. The van der Waals surface area contributed by atoms with Crippen LogP contribution in [0.4, 0.5) is 5.69 Å². The predicted octanol–water partition coefficient (Wildman–Crippen LogP) is 3.04. The van der Waals surface area contributed by atoms with E-state index in [0.717, 1.165) is 5.69 Å². The molecular formula is C13H16N2. The van der Waals surface area contributed by atoms with E-state index in [1.165, 1.54) is 16.3 Å². The van der Waals surface area contributed by atoms with Gasteiger partial charge in [-0.1, -0.05) is 30.3 Å². The molecule has 0 bridgehead atoms. The van der Waals surface area contributed by atoms with Crippen molar-refractivity contribution >= 4 is 16.5 Å². The van der Waals surface area contributed by atoms with Gasteiger partial charge in [-0.25, -0.2) is 5.01 Å². The van der Waals surface area contributed by atoms with E-state index in [9.17, 15) is 0 Å². The van der Waals surface area contributed by atoms with Gasteiger partial charge in [-0.3, -0.25) is 0 Å². The number of fused-ring (bicyclic) bond motifs is 1. The minimum atomic E-state index is 1.15. The quantitative estimate of drug-likeness (QED) is 0.749. The molecule has 78 valence electrons. The van der Waals surface area contributed by atoms with Crippen molar-refractivity contribution in [3.8, 4) is 0 Å². The Morgan fingerprint density at radius 3 is 2.27 bits per heavy atom. The van der Waals surface area contributed by atoms with Crippen LogP contribution in [0.1, 0.15) is 5.56 Å². The lowest BCUT2D eigenvalue weighted by Crippen LogP contribution is -2.19. The van der Waals surface area contributed by atoms with Gasteiger partial charge in [0.2, 0.25) is 0 Å². The van der Waals surface area contributed by atoms with Crippen LogP contribution in [0, 0.1) is 6.92 Å². The van der Waals surface area contributed by atoms with E-state index < -0.39 is 0 Å². The highest BCUT2D eigenvalue weighted by molar-refractivity contribution is 5.95. The van der Waals surface area contributed by atoms with Crippen LogP contribution in [0.15, 0.2) is 36.4 Å². The van der Waals surface area contributed by atoms with E-state index in [1.54, 1.807) is 0 Å². The van der Waals surface area contributed by atoms with Gasteiger partial charge in [-0.05, 0) is 23.9 Å². The molecule has 0 heterocycles. The standard InChI is InChI=1S/C13H16N2/c1-10-8-9-13(14-15(2)3)12-7-5-4-6-11(10)12/h4-9,14H,1-3H3. The van der Waals surface area contributed by atoms with Crippen LogP contribution in [0.3, 0.4) is 0 Å². The number of anilines is 1. The van der Waals surface area contributed by atoms with Gasteiger partial charge in [0, 0.05) is 19.5 Å². The van der Waals surface area contributed by atoms with Gasteiger partial charge in [0.05, 0.1) is 5.69 Å². The summed E-state index contributed by atoms with van der Waals surface area (Å²) >= 11 is 0. The molecule has 0 aliphatic heterocycles. The molecule has 2 aromatic carbocycles. The molecule has 0 aliphatic carbocycles. The Kier molecular flexibility index (Phi) is 2.60. The van der Waals surface area contributed by atoms with Gasteiger partial charge in [0.1, 0.15) is 0 Å². The first-order valence-corrected chi connectivity index (χ1v) is 5.11. The third kappa shape index (κ3) is 1.95. The minimum absolute atomic E-state index is 1.15. The van der Waals surface area contributed by atoms with Crippen molar-refractivity contribution in [1.29, 1.82) is 0 Å². The summed E-state index contributed by atoms with van der Waals surface area (Å²) in [6, 6.07) is 12.7. The summed E-state index contributed by atoms with van der Waals surface area (Å²) in [5.41, 5.74) is 5.78. The topological polar surface area (TPSA) is 15.3 Å². The summed E-state index contributed by atoms with van der Waals surface area (Å²) in [4.78, 5) is 0. The summed E-state index contributed by atoms with van der Waals surface area (Å²) in [5, 5.41) is 4.53. The molecule has 0 saturated carbocycles. The molecule has 2 nitrogen and oxygen atoms in total. The maximum Gasteiger partial charge on any atom is 0.0568 e. The van der Waals surface area contributed by atoms with Gasteiger partial charge >= 0.3 is 0 Å². The van der Waals surface area contributed by atoms with Crippen molar-refractivity contribution in [2.24, 2.45) is 0 Å². The largest absolute Gasteiger partial charge is 0.319 e. The van der Waals surface area contributed by atoms with Crippen LogP contribution in [-0.2, 0) is 0 Å².